The Morgan fingerprint density at radius 1 is 0.865 bits per heavy atom. The molecule has 0 aromatic rings. The summed E-state index contributed by atoms with van der Waals surface area (Å²) in [7, 11) is 0. The molecule has 7 heteroatoms. The van der Waals surface area contributed by atoms with Gasteiger partial charge >= 0.3 is 0 Å². The predicted molar refractivity (Wildman–Crippen MR) is 135 cm³/mol. The topological polar surface area (TPSA) is 120 Å². The molecule has 0 aromatic heterocycles. The number of aliphatic hydroxyl groups excluding tert-OH is 4. The molecule has 0 aromatic carbocycles. The van der Waals surface area contributed by atoms with Crippen LogP contribution in [-0.4, -0.2) is 74.0 Å². The summed E-state index contributed by atoms with van der Waals surface area (Å²) in [6.45, 7) is 12.1. The molecule has 0 amide bonds. The van der Waals surface area contributed by atoms with Crippen LogP contribution in [0.1, 0.15) is 86.5 Å². The third-order valence-electron chi connectivity index (χ3n) is 14.3. The quantitative estimate of drug-likeness (QED) is 0.380. The fourth-order valence-electron chi connectivity index (χ4n) is 12.6. The first-order chi connectivity index (χ1) is 17.1. The van der Waals surface area contributed by atoms with Gasteiger partial charge in [-0.15, -0.1) is 0 Å². The Bertz CT molecular complexity index is 1010. The van der Waals surface area contributed by atoms with E-state index in [9.17, 15) is 25.5 Å². The van der Waals surface area contributed by atoms with Crippen LogP contribution in [0.4, 0.5) is 0 Å². The lowest BCUT2D eigenvalue weighted by Crippen LogP contribution is -2.64. The van der Waals surface area contributed by atoms with Crippen molar-refractivity contribution in [3.05, 3.63) is 0 Å². The molecule has 2 aliphatic heterocycles. The molecule has 210 valence electrons. The van der Waals surface area contributed by atoms with Crippen molar-refractivity contribution in [1.29, 1.82) is 0 Å². The molecule has 14 unspecified atom stereocenters. The number of aliphatic hydroxyl groups is 5. The van der Waals surface area contributed by atoms with Crippen LogP contribution >= 0.6 is 0 Å². The van der Waals surface area contributed by atoms with Crippen molar-refractivity contribution in [2.75, 3.05) is 6.61 Å². The minimum atomic E-state index is -1.35. The molecular weight excluding hydrogens is 472 g/mol. The molecule has 7 nitrogen and oxygen atoms in total. The second-order valence-electron chi connectivity index (χ2n) is 16.0. The molecule has 37 heavy (non-hydrogen) atoms. The molecule has 7 fully saturated rings. The largest absolute Gasteiger partial charge is 0.396 e. The lowest BCUT2D eigenvalue weighted by atomic mass is 9.40. The first-order valence-electron chi connectivity index (χ1n) is 14.8. The van der Waals surface area contributed by atoms with Crippen LogP contribution in [0.25, 0.3) is 0 Å². The second-order valence-corrected chi connectivity index (χ2v) is 16.0. The lowest BCUT2D eigenvalue weighted by molar-refractivity contribution is -0.286. The van der Waals surface area contributed by atoms with Gasteiger partial charge in [-0.1, -0.05) is 27.7 Å². The van der Waals surface area contributed by atoms with Gasteiger partial charge in [-0.05, 0) is 92.8 Å². The van der Waals surface area contributed by atoms with E-state index in [1.807, 2.05) is 0 Å². The molecule has 3 spiro atoms. The number of ether oxygens (including phenoxy) is 2. The zero-order chi connectivity index (χ0) is 26.8. The van der Waals surface area contributed by atoms with Gasteiger partial charge in [-0.2, -0.15) is 0 Å². The molecule has 7 rings (SSSR count). The van der Waals surface area contributed by atoms with Crippen LogP contribution in [0.15, 0.2) is 0 Å². The number of fused-ring (bicyclic) bond motifs is 4. The molecule has 2 bridgehead atoms. The molecule has 7 aliphatic rings. The first kappa shape index (κ1) is 25.7. The van der Waals surface area contributed by atoms with Crippen molar-refractivity contribution in [2.45, 2.75) is 128 Å². The zero-order valence-electron chi connectivity index (χ0n) is 23.4. The third-order valence-corrected chi connectivity index (χ3v) is 14.3. The van der Waals surface area contributed by atoms with Gasteiger partial charge in [0.05, 0.1) is 23.9 Å². The molecule has 5 N–H and O–H groups in total. The van der Waals surface area contributed by atoms with E-state index in [2.05, 4.69) is 27.7 Å². The molecular formula is C30H48O7. The Hall–Kier alpha value is -0.280. The summed E-state index contributed by atoms with van der Waals surface area (Å²) in [5.74, 6) is -1.32. The van der Waals surface area contributed by atoms with E-state index >= 15 is 0 Å². The highest BCUT2D eigenvalue weighted by Crippen LogP contribution is 2.90. The van der Waals surface area contributed by atoms with Gasteiger partial charge in [0.15, 0.2) is 5.79 Å². The highest BCUT2D eigenvalue weighted by Gasteiger charge is 2.89. The molecule has 2 saturated heterocycles. The minimum Gasteiger partial charge on any atom is -0.396 e. The standard InChI is InChI=1S/C30H48O7/c1-24(2)17-7-8-18-26(5)23(34)30-21(15(13-31)11-16(36-30)22(37-30)25(3,4)35)27(26,6)20(33)12-29(18)14-28(17,29)10-9-19(24)32/h15-23,31-35H,7-14H2,1-6H3. The maximum absolute atomic E-state index is 12.5. The van der Waals surface area contributed by atoms with E-state index in [1.54, 1.807) is 13.8 Å². The average molecular weight is 521 g/mol. The summed E-state index contributed by atoms with van der Waals surface area (Å²) in [5.41, 5.74) is -2.68. The van der Waals surface area contributed by atoms with Gasteiger partial charge in [-0.25, -0.2) is 0 Å². The molecule has 0 radical (unpaired) electrons. The summed E-state index contributed by atoms with van der Waals surface area (Å²) in [6.07, 6.45) is 3.07. The van der Waals surface area contributed by atoms with Crippen LogP contribution in [0.5, 0.6) is 0 Å². The highest BCUT2D eigenvalue weighted by molar-refractivity contribution is 5.36. The Kier molecular flexibility index (Phi) is 4.82. The maximum atomic E-state index is 12.5. The summed E-state index contributed by atoms with van der Waals surface area (Å²) in [4.78, 5) is 0. The summed E-state index contributed by atoms with van der Waals surface area (Å²) in [5, 5.41) is 57.2. The van der Waals surface area contributed by atoms with E-state index in [4.69, 9.17) is 9.47 Å². The summed E-state index contributed by atoms with van der Waals surface area (Å²) in [6, 6.07) is 0. The van der Waals surface area contributed by atoms with E-state index in [-0.39, 0.29) is 46.7 Å². The van der Waals surface area contributed by atoms with Crippen molar-refractivity contribution in [2.24, 2.45) is 50.7 Å². The molecule has 14 atom stereocenters. The number of rotatable bonds is 2. The van der Waals surface area contributed by atoms with Crippen molar-refractivity contribution in [3.8, 4) is 0 Å². The summed E-state index contributed by atoms with van der Waals surface area (Å²) < 4.78 is 13.3. The van der Waals surface area contributed by atoms with Crippen molar-refractivity contribution >= 4 is 0 Å². The van der Waals surface area contributed by atoms with Crippen LogP contribution in [-0.2, 0) is 9.47 Å². The van der Waals surface area contributed by atoms with Crippen molar-refractivity contribution in [1.82, 2.24) is 0 Å². The Morgan fingerprint density at radius 3 is 2.19 bits per heavy atom. The van der Waals surface area contributed by atoms with Crippen LogP contribution in [0.3, 0.4) is 0 Å². The average Bonchev–Trinajstić information content (AvgIpc) is 3.32. The van der Waals surface area contributed by atoms with Crippen molar-refractivity contribution in [3.63, 3.8) is 0 Å². The highest BCUT2D eigenvalue weighted by atomic mass is 16.8. The Morgan fingerprint density at radius 2 is 1.54 bits per heavy atom. The Labute approximate surface area is 220 Å². The minimum absolute atomic E-state index is 0.0610. The molecule has 2 heterocycles. The maximum Gasteiger partial charge on any atom is 0.199 e. The van der Waals surface area contributed by atoms with Gasteiger partial charge in [0.1, 0.15) is 12.2 Å². The van der Waals surface area contributed by atoms with E-state index in [1.165, 1.54) is 0 Å². The first-order valence-corrected chi connectivity index (χ1v) is 14.8. The van der Waals surface area contributed by atoms with Crippen LogP contribution < -0.4 is 0 Å². The van der Waals surface area contributed by atoms with Gasteiger partial charge in [-0.3, -0.25) is 0 Å². The van der Waals surface area contributed by atoms with Gasteiger partial charge < -0.3 is 35.0 Å². The normalized spacial score (nSPS) is 63.2. The zero-order valence-corrected chi connectivity index (χ0v) is 23.4. The van der Waals surface area contributed by atoms with Gasteiger partial charge in [0.25, 0.3) is 0 Å². The van der Waals surface area contributed by atoms with E-state index in [0.717, 1.165) is 32.1 Å². The van der Waals surface area contributed by atoms with Crippen LogP contribution in [0, 0.1) is 50.7 Å². The molecule has 5 aliphatic carbocycles. The van der Waals surface area contributed by atoms with Gasteiger partial charge in [0.2, 0.25) is 0 Å². The summed E-state index contributed by atoms with van der Waals surface area (Å²) >= 11 is 0. The van der Waals surface area contributed by atoms with Gasteiger partial charge in [0, 0.05) is 23.4 Å². The number of hydrogen-bond acceptors (Lipinski definition) is 7. The van der Waals surface area contributed by atoms with Crippen LogP contribution in [0.2, 0.25) is 0 Å². The fraction of sp³-hybridized carbons (Fsp3) is 1.00. The SMILES string of the molecule is CC(C)(O)C1OC23OC1CC(CO)C2C1(C)C(O)CC24CC25CCC(O)C(C)(C)C5CCC4C1(C)C3O. The van der Waals surface area contributed by atoms with E-state index < -0.39 is 46.6 Å². The molecule has 5 saturated carbocycles. The fourth-order valence-corrected chi connectivity index (χ4v) is 12.6. The monoisotopic (exact) mass is 520 g/mol. The second kappa shape index (κ2) is 6.95. The lowest BCUT2D eigenvalue weighted by Gasteiger charge is -2.64. The Balaban J connectivity index is 1.36. The van der Waals surface area contributed by atoms with Crippen molar-refractivity contribution < 1.29 is 35.0 Å². The predicted octanol–water partition coefficient (Wildman–Crippen LogP) is 2.60. The third kappa shape index (κ3) is 2.49. The van der Waals surface area contributed by atoms with E-state index in [0.29, 0.717) is 18.8 Å². The number of hydrogen-bond donors (Lipinski definition) is 5. The smallest absolute Gasteiger partial charge is 0.199 e.